The maximum Gasteiger partial charge on any atom is 0.251 e. The first-order valence-electron chi connectivity index (χ1n) is 12.9. The second-order valence-corrected chi connectivity index (χ2v) is 10.1. The van der Waals surface area contributed by atoms with Gasteiger partial charge in [-0.2, -0.15) is 0 Å². The third-order valence-corrected chi connectivity index (χ3v) is 7.34. The molecule has 208 valence electrons. The average Bonchev–Trinajstić information content (AvgIpc) is 2.95. The summed E-state index contributed by atoms with van der Waals surface area (Å²) in [6.45, 7) is 2.74. The first-order chi connectivity index (χ1) is 18.7. The molecule has 0 aromatic heterocycles. The van der Waals surface area contributed by atoms with Gasteiger partial charge in [0.2, 0.25) is 0 Å². The van der Waals surface area contributed by atoms with Crippen LogP contribution in [0.15, 0.2) is 66.7 Å². The van der Waals surface area contributed by atoms with Gasteiger partial charge in [-0.05, 0) is 66.4 Å². The Bertz CT molecular complexity index is 1270. The first-order valence-corrected chi connectivity index (χ1v) is 13.3. The molecule has 9 heteroatoms. The summed E-state index contributed by atoms with van der Waals surface area (Å²) in [6, 6.07) is 20.2. The molecule has 1 aliphatic rings. The lowest BCUT2D eigenvalue weighted by Gasteiger charge is -2.42. The van der Waals surface area contributed by atoms with Gasteiger partial charge in [0.25, 0.3) is 5.91 Å². The van der Waals surface area contributed by atoms with E-state index in [2.05, 4.69) is 5.32 Å². The number of aliphatic hydroxyl groups is 3. The summed E-state index contributed by atoms with van der Waals surface area (Å²) in [6.07, 6.45) is -5.19. The fourth-order valence-corrected chi connectivity index (χ4v) is 4.96. The van der Waals surface area contributed by atoms with Crippen LogP contribution in [-0.2, 0) is 11.2 Å². The molecule has 0 unspecified atom stereocenters. The number of rotatable bonds is 9. The molecule has 4 N–H and O–H groups in total. The summed E-state index contributed by atoms with van der Waals surface area (Å²) >= 11 is 6.51. The monoisotopic (exact) mass is 554 g/mol. The molecule has 0 saturated carbocycles. The minimum atomic E-state index is -1.41. The van der Waals surface area contributed by atoms with Gasteiger partial charge in [-0.3, -0.25) is 4.79 Å². The number of carbonyl (C=O) groups is 1. The summed E-state index contributed by atoms with van der Waals surface area (Å²) in [7, 11) is 3.38. The van der Waals surface area contributed by atoms with Crippen LogP contribution in [-0.4, -0.2) is 72.9 Å². The molecule has 1 aliphatic heterocycles. The molecule has 0 aliphatic carbocycles. The molecular weight excluding hydrogens is 520 g/mol. The zero-order chi connectivity index (χ0) is 28.1. The number of amides is 1. The van der Waals surface area contributed by atoms with Crippen LogP contribution in [0.4, 0.5) is 5.69 Å². The van der Waals surface area contributed by atoms with E-state index >= 15 is 0 Å². The number of nitrogens with one attached hydrogen (secondary N) is 1. The molecule has 1 fully saturated rings. The van der Waals surface area contributed by atoms with Gasteiger partial charge >= 0.3 is 0 Å². The summed E-state index contributed by atoms with van der Waals surface area (Å²) in [5.74, 6) is 0.588. The van der Waals surface area contributed by atoms with E-state index in [1.165, 1.54) is 0 Å². The van der Waals surface area contributed by atoms with Gasteiger partial charge in [-0.15, -0.1) is 0 Å². The Morgan fingerprint density at radius 1 is 1.03 bits per heavy atom. The number of anilines is 1. The van der Waals surface area contributed by atoms with Crippen molar-refractivity contribution in [2.75, 3.05) is 32.1 Å². The van der Waals surface area contributed by atoms with E-state index in [1.807, 2.05) is 55.3 Å². The number of nitrogens with zero attached hydrogens (tertiary/aromatic N) is 1. The van der Waals surface area contributed by atoms with E-state index in [1.54, 1.807) is 37.4 Å². The molecule has 0 bridgehead atoms. The van der Waals surface area contributed by atoms with E-state index in [0.717, 1.165) is 22.6 Å². The fraction of sp³-hybridized carbons (Fsp3) is 0.367. The van der Waals surface area contributed by atoms with Gasteiger partial charge in [0.05, 0.1) is 6.61 Å². The fourth-order valence-electron chi connectivity index (χ4n) is 4.78. The van der Waals surface area contributed by atoms with E-state index in [9.17, 15) is 20.1 Å². The van der Waals surface area contributed by atoms with Crippen molar-refractivity contribution in [1.29, 1.82) is 0 Å². The maximum atomic E-state index is 12.0. The van der Waals surface area contributed by atoms with Gasteiger partial charge in [0, 0.05) is 36.9 Å². The van der Waals surface area contributed by atoms with Gasteiger partial charge in [0.15, 0.2) is 0 Å². The van der Waals surface area contributed by atoms with Crippen molar-refractivity contribution < 1.29 is 29.6 Å². The van der Waals surface area contributed by atoms with Gasteiger partial charge in [0.1, 0.15) is 36.3 Å². The Morgan fingerprint density at radius 3 is 2.46 bits per heavy atom. The van der Waals surface area contributed by atoms with Crippen molar-refractivity contribution in [3.05, 3.63) is 94.0 Å². The molecule has 3 aromatic rings. The minimum Gasteiger partial charge on any atom is -0.494 e. The van der Waals surface area contributed by atoms with Crippen LogP contribution in [0, 0.1) is 0 Å². The first kappa shape index (κ1) is 28.9. The summed E-state index contributed by atoms with van der Waals surface area (Å²) in [5.41, 5.74) is 3.77. The van der Waals surface area contributed by atoms with Crippen LogP contribution in [0.5, 0.6) is 5.75 Å². The molecular formula is C30H35ClN2O6. The lowest BCUT2D eigenvalue weighted by Crippen LogP contribution is -2.57. The lowest BCUT2D eigenvalue weighted by molar-refractivity contribution is -0.221. The normalized spacial score (nSPS) is 22.8. The van der Waals surface area contributed by atoms with Crippen molar-refractivity contribution in [2.24, 2.45) is 0 Å². The highest BCUT2D eigenvalue weighted by molar-refractivity contribution is 6.31. The third-order valence-electron chi connectivity index (χ3n) is 6.97. The summed E-state index contributed by atoms with van der Waals surface area (Å²) in [4.78, 5) is 13.9. The van der Waals surface area contributed by atoms with Gasteiger partial charge in [-0.25, -0.2) is 0 Å². The van der Waals surface area contributed by atoms with Crippen LogP contribution < -0.4 is 15.0 Å². The molecule has 4 rings (SSSR count). The molecule has 1 amide bonds. The smallest absolute Gasteiger partial charge is 0.251 e. The molecule has 8 nitrogen and oxygen atoms in total. The topological polar surface area (TPSA) is 111 Å². The van der Waals surface area contributed by atoms with Crippen molar-refractivity contribution in [3.63, 3.8) is 0 Å². The number of benzene rings is 3. The molecule has 5 atom stereocenters. The second kappa shape index (κ2) is 12.8. The molecule has 1 heterocycles. The van der Waals surface area contributed by atoms with E-state index < -0.39 is 30.5 Å². The molecule has 1 saturated heterocycles. The average molecular weight is 555 g/mol. The highest BCUT2D eigenvalue weighted by Crippen LogP contribution is 2.35. The maximum absolute atomic E-state index is 12.0. The minimum absolute atomic E-state index is 0.207. The Labute approximate surface area is 233 Å². The second-order valence-electron chi connectivity index (χ2n) is 9.68. The number of carbonyl (C=O) groups excluding carboxylic acids is 1. The zero-order valence-corrected chi connectivity index (χ0v) is 23.0. The summed E-state index contributed by atoms with van der Waals surface area (Å²) in [5, 5.41) is 35.5. The van der Waals surface area contributed by atoms with Crippen LogP contribution in [0.2, 0.25) is 5.02 Å². The molecule has 39 heavy (non-hydrogen) atoms. The van der Waals surface area contributed by atoms with Crippen molar-refractivity contribution in [1.82, 2.24) is 5.32 Å². The van der Waals surface area contributed by atoms with Crippen LogP contribution in [0.1, 0.15) is 40.1 Å². The summed E-state index contributed by atoms with van der Waals surface area (Å²) < 4.78 is 11.7. The van der Waals surface area contributed by atoms with Crippen molar-refractivity contribution in [3.8, 4) is 5.75 Å². The molecule has 0 radical (unpaired) electrons. The number of hydrogen-bond acceptors (Lipinski definition) is 7. The quantitative estimate of drug-likeness (QED) is 0.321. The largest absolute Gasteiger partial charge is 0.494 e. The molecule has 3 aromatic carbocycles. The number of aliphatic hydroxyl groups excluding tert-OH is 3. The van der Waals surface area contributed by atoms with Crippen molar-refractivity contribution >= 4 is 23.2 Å². The Morgan fingerprint density at radius 2 is 1.77 bits per heavy atom. The zero-order valence-electron chi connectivity index (χ0n) is 22.3. The lowest BCUT2D eigenvalue weighted by atomic mass is 9.89. The Kier molecular flexibility index (Phi) is 9.48. The predicted octanol–water partition coefficient (Wildman–Crippen LogP) is 3.35. The number of likely N-dealkylation sites (N-methyl/N-ethyl adjacent to an activating group) is 1. The molecule has 0 spiro atoms. The number of hydrogen-bond donors (Lipinski definition) is 4. The van der Waals surface area contributed by atoms with E-state index in [0.29, 0.717) is 29.2 Å². The highest BCUT2D eigenvalue weighted by Gasteiger charge is 2.44. The third kappa shape index (κ3) is 6.72. The highest BCUT2D eigenvalue weighted by atomic mass is 35.5. The Balaban J connectivity index is 1.53. The Hall–Kier alpha value is -3.14. The van der Waals surface area contributed by atoms with E-state index in [4.69, 9.17) is 21.1 Å². The number of halogens is 1. The standard InChI is InChI=1S/C30H35ClN2O6/c1-4-38-23-11-8-18(9-12-23)14-21-15-19(10-13-24(21)31)29-28(36)27(35)26(34)25(39-29)17-33(3)22-7-5-6-20(16-22)30(37)32-2/h5-13,15-16,25-29,34-36H,4,14,17H2,1-3H3,(H,32,37)/t25-,26+,27-,28-,29+/m1/s1. The van der Waals surface area contributed by atoms with Crippen LogP contribution in [0.3, 0.4) is 0 Å². The number of ether oxygens (including phenoxy) is 2. The van der Waals surface area contributed by atoms with Crippen LogP contribution >= 0.6 is 11.6 Å². The van der Waals surface area contributed by atoms with E-state index in [-0.39, 0.29) is 12.5 Å². The van der Waals surface area contributed by atoms with Gasteiger partial charge in [-0.1, -0.05) is 41.9 Å². The predicted molar refractivity (Wildman–Crippen MR) is 151 cm³/mol. The van der Waals surface area contributed by atoms with Crippen LogP contribution in [0.25, 0.3) is 0 Å². The SMILES string of the molecule is CCOc1ccc(Cc2cc([C@@H]3O[C@H](CN(C)c4cccc(C(=O)NC)c4)[C@H](O)[C@@H](O)[C@H]3O)ccc2Cl)cc1. The van der Waals surface area contributed by atoms with Gasteiger partial charge < -0.3 is 35.0 Å². The van der Waals surface area contributed by atoms with Crippen molar-refractivity contribution in [2.45, 2.75) is 43.9 Å².